The molecule has 0 saturated carbocycles. The Balaban J connectivity index is 1.99. The first-order valence-electron chi connectivity index (χ1n) is 5.85. The van der Waals surface area contributed by atoms with Gasteiger partial charge in [-0.1, -0.05) is 5.16 Å². The zero-order chi connectivity index (χ0) is 14.1. The van der Waals surface area contributed by atoms with Gasteiger partial charge in [0, 0.05) is 24.1 Å². The van der Waals surface area contributed by atoms with Gasteiger partial charge in [0.25, 0.3) is 5.89 Å². The van der Waals surface area contributed by atoms with E-state index in [4.69, 9.17) is 10.3 Å². The van der Waals surface area contributed by atoms with Crippen LogP contribution in [0.2, 0.25) is 0 Å². The van der Waals surface area contributed by atoms with E-state index in [1.165, 1.54) is 6.07 Å². The molecule has 3 aromatic rings. The standard InChI is InChI=1S/C13H11N5O2/c1-7-5-15-11(16-6-7)12-17-13(20-18-12)9-3-2-8(14)4-10(9)19/h2-6,19H,14H2,1H3. The van der Waals surface area contributed by atoms with Gasteiger partial charge in [-0.15, -0.1) is 0 Å². The number of rotatable bonds is 2. The van der Waals surface area contributed by atoms with Crippen molar-refractivity contribution in [2.24, 2.45) is 0 Å². The van der Waals surface area contributed by atoms with E-state index in [1.54, 1.807) is 24.5 Å². The Morgan fingerprint density at radius 2 is 1.90 bits per heavy atom. The summed E-state index contributed by atoms with van der Waals surface area (Å²) in [4.78, 5) is 12.4. The summed E-state index contributed by atoms with van der Waals surface area (Å²) in [6.45, 7) is 1.89. The number of aromatic nitrogens is 4. The van der Waals surface area contributed by atoms with Crippen molar-refractivity contribution < 1.29 is 9.63 Å². The van der Waals surface area contributed by atoms with Crippen LogP contribution in [0, 0.1) is 6.92 Å². The number of benzene rings is 1. The lowest BCUT2D eigenvalue weighted by Gasteiger charge is -1.99. The topological polar surface area (TPSA) is 111 Å². The molecule has 2 aromatic heterocycles. The van der Waals surface area contributed by atoms with Crippen molar-refractivity contribution in [2.75, 3.05) is 5.73 Å². The number of nitrogens with two attached hydrogens (primary N) is 1. The Labute approximate surface area is 114 Å². The second-order valence-electron chi connectivity index (χ2n) is 4.28. The first kappa shape index (κ1) is 12.1. The highest BCUT2D eigenvalue weighted by atomic mass is 16.5. The van der Waals surface area contributed by atoms with Gasteiger partial charge in [0.05, 0.1) is 5.56 Å². The van der Waals surface area contributed by atoms with E-state index in [0.717, 1.165) is 5.56 Å². The Bertz CT molecular complexity index is 752. The van der Waals surface area contributed by atoms with Crippen LogP contribution in [0.15, 0.2) is 35.1 Å². The highest BCUT2D eigenvalue weighted by molar-refractivity contribution is 5.67. The number of aromatic hydroxyl groups is 1. The molecule has 20 heavy (non-hydrogen) atoms. The lowest BCUT2D eigenvalue weighted by molar-refractivity contribution is 0.425. The number of hydrogen-bond donors (Lipinski definition) is 2. The van der Waals surface area contributed by atoms with Crippen molar-refractivity contribution in [1.29, 1.82) is 0 Å². The molecule has 7 nitrogen and oxygen atoms in total. The van der Waals surface area contributed by atoms with Crippen LogP contribution < -0.4 is 5.73 Å². The van der Waals surface area contributed by atoms with Crippen LogP contribution in [0.25, 0.3) is 23.1 Å². The van der Waals surface area contributed by atoms with Crippen molar-refractivity contribution >= 4 is 5.69 Å². The SMILES string of the molecule is Cc1cnc(-c2noc(-c3ccc(N)cc3O)n2)nc1. The van der Waals surface area contributed by atoms with E-state index in [9.17, 15) is 5.11 Å². The summed E-state index contributed by atoms with van der Waals surface area (Å²) in [7, 11) is 0. The molecule has 3 N–H and O–H groups in total. The maximum Gasteiger partial charge on any atom is 0.262 e. The van der Waals surface area contributed by atoms with Gasteiger partial charge in [-0.2, -0.15) is 4.98 Å². The number of nitrogen functional groups attached to an aromatic ring is 1. The third-order valence-corrected chi connectivity index (χ3v) is 2.66. The summed E-state index contributed by atoms with van der Waals surface area (Å²) in [6.07, 6.45) is 3.33. The Kier molecular flexibility index (Phi) is 2.79. The molecule has 0 saturated heterocycles. The van der Waals surface area contributed by atoms with E-state index in [0.29, 0.717) is 17.1 Å². The monoisotopic (exact) mass is 269 g/mol. The third kappa shape index (κ3) is 2.16. The molecule has 0 spiro atoms. The maximum absolute atomic E-state index is 9.82. The van der Waals surface area contributed by atoms with Crippen LogP contribution in [0.4, 0.5) is 5.69 Å². The predicted molar refractivity (Wildman–Crippen MR) is 71.6 cm³/mol. The van der Waals surface area contributed by atoms with Gasteiger partial charge >= 0.3 is 0 Å². The van der Waals surface area contributed by atoms with Gasteiger partial charge in [0.2, 0.25) is 11.6 Å². The molecule has 0 aliphatic heterocycles. The number of phenols is 1. The molecule has 0 aliphatic carbocycles. The molecular weight excluding hydrogens is 258 g/mol. The first-order chi connectivity index (χ1) is 9.63. The molecule has 3 rings (SSSR count). The summed E-state index contributed by atoms with van der Waals surface area (Å²) >= 11 is 0. The zero-order valence-electron chi connectivity index (χ0n) is 10.6. The minimum absolute atomic E-state index is 0.0231. The van der Waals surface area contributed by atoms with Gasteiger partial charge in [0.1, 0.15) is 5.75 Å². The van der Waals surface area contributed by atoms with Crippen LogP contribution in [0.3, 0.4) is 0 Å². The second-order valence-corrected chi connectivity index (χ2v) is 4.28. The first-order valence-corrected chi connectivity index (χ1v) is 5.85. The number of nitrogens with zero attached hydrogens (tertiary/aromatic N) is 4. The minimum atomic E-state index is -0.0231. The largest absolute Gasteiger partial charge is 0.507 e. The van der Waals surface area contributed by atoms with Crippen LogP contribution in [0.5, 0.6) is 5.75 Å². The highest BCUT2D eigenvalue weighted by Crippen LogP contribution is 2.30. The molecule has 0 aliphatic rings. The summed E-state index contributed by atoms with van der Waals surface area (Å²) in [5.74, 6) is 0.781. The van der Waals surface area contributed by atoms with Gasteiger partial charge in [-0.05, 0) is 24.6 Å². The molecule has 2 heterocycles. The predicted octanol–water partition coefficient (Wildman–Crippen LogP) is 1.79. The molecule has 100 valence electrons. The van der Waals surface area contributed by atoms with E-state index >= 15 is 0 Å². The van der Waals surface area contributed by atoms with Crippen molar-refractivity contribution in [3.63, 3.8) is 0 Å². The molecule has 7 heteroatoms. The normalized spacial score (nSPS) is 10.7. The van der Waals surface area contributed by atoms with Gasteiger partial charge in [-0.25, -0.2) is 9.97 Å². The fraction of sp³-hybridized carbons (Fsp3) is 0.0769. The third-order valence-electron chi connectivity index (χ3n) is 2.66. The highest BCUT2D eigenvalue weighted by Gasteiger charge is 2.15. The molecule has 0 fully saturated rings. The van der Waals surface area contributed by atoms with Crippen LogP contribution >= 0.6 is 0 Å². The quantitative estimate of drug-likeness (QED) is 0.682. The smallest absolute Gasteiger partial charge is 0.262 e. The van der Waals surface area contributed by atoms with Gasteiger partial charge in [-0.3, -0.25) is 0 Å². The minimum Gasteiger partial charge on any atom is -0.507 e. The zero-order valence-corrected chi connectivity index (χ0v) is 10.6. The fourth-order valence-electron chi connectivity index (χ4n) is 1.66. The average molecular weight is 269 g/mol. The van der Waals surface area contributed by atoms with Crippen LogP contribution in [-0.4, -0.2) is 25.2 Å². The summed E-state index contributed by atoms with van der Waals surface area (Å²) < 4.78 is 5.11. The fourth-order valence-corrected chi connectivity index (χ4v) is 1.66. The second kappa shape index (κ2) is 4.61. The number of aryl methyl sites for hydroxylation is 1. The van der Waals surface area contributed by atoms with Crippen molar-refractivity contribution in [3.8, 4) is 28.9 Å². The Morgan fingerprint density at radius 3 is 2.60 bits per heavy atom. The lowest BCUT2D eigenvalue weighted by atomic mass is 10.2. The molecule has 0 bridgehead atoms. The number of phenolic OH excluding ortho intramolecular Hbond substituents is 1. The average Bonchev–Trinajstić information content (AvgIpc) is 2.89. The Hall–Kier alpha value is -2.96. The van der Waals surface area contributed by atoms with E-state index in [-0.39, 0.29) is 17.5 Å². The van der Waals surface area contributed by atoms with E-state index in [1.807, 2.05) is 6.92 Å². The molecule has 1 aromatic carbocycles. The summed E-state index contributed by atoms with van der Waals surface area (Å²) in [5, 5.41) is 13.6. The van der Waals surface area contributed by atoms with Gasteiger partial charge in [0.15, 0.2) is 0 Å². The Morgan fingerprint density at radius 1 is 1.15 bits per heavy atom. The molecular formula is C13H11N5O2. The summed E-state index contributed by atoms with van der Waals surface area (Å²) in [5.41, 5.74) is 7.37. The lowest BCUT2D eigenvalue weighted by Crippen LogP contribution is -1.91. The number of hydrogen-bond acceptors (Lipinski definition) is 7. The van der Waals surface area contributed by atoms with Crippen LogP contribution in [0.1, 0.15) is 5.56 Å². The van der Waals surface area contributed by atoms with Crippen molar-refractivity contribution in [2.45, 2.75) is 6.92 Å². The van der Waals surface area contributed by atoms with E-state index in [2.05, 4.69) is 20.1 Å². The summed E-state index contributed by atoms with van der Waals surface area (Å²) in [6, 6.07) is 4.67. The molecule has 0 atom stereocenters. The van der Waals surface area contributed by atoms with Crippen LogP contribution in [-0.2, 0) is 0 Å². The molecule has 0 radical (unpaired) electrons. The van der Waals surface area contributed by atoms with Crippen molar-refractivity contribution in [1.82, 2.24) is 20.1 Å². The molecule has 0 unspecified atom stereocenters. The van der Waals surface area contributed by atoms with Gasteiger partial charge < -0.3 is 15.4 Å². The maximum atomic E-state index is 9.82. The molecule has 0 amide bonds. The number of anilines is 1. The van der Waals surface area contributed by atoms with E-state index < -0.39 is 0 Å². The van der Waals surface area contributed by atoms with Crippen molar-refractivity contribution in [3.05, 3.63) is 36.2 Å².